The van der Waals surface area contributed by atoms with Crippen molar-refractivity contribution in [3.8, 4) is 0 Å². The number of benzene rings is 1. The third-order valence-electron chi connectivity index (χ3n) is 4.95. The molecule has 0 saturated carbocycles. The van der Waals surface area contributed by atoms with E-state index in [1.807, 2.05) is 37.3 Å². The van der Waals surface area contributed by atoms with Crippen LogP contribution < -0.4 is 10.2 Å². The zero-order valence-corrected chi connectivity index (χ0v) is 14.7. The highest BCUT2D eigenvalue weighted by molar-refractivity contribution is 5.84. The summed E-state index contributed by atoms with van der Waals surface area (Å²) in [5, 5.41) is 3.15. The number of imidazole rings is 1. The van der Waals surface area contributed by atoms with Crippen LogP contribution in [0.3, 0.4) is 0 Å². The number of anilines is 1. The summed E-state index contributed by atoms with van der Waals surface area (Å²) in [7, 11) is 0. The summed E-state index contributed by atoms with van der Waals surface area (Å²) in [6, 6.07) is 10.0. The van der Waals surface area contributed by atoms with E-state index in [9.17, 15) is 4.79 Å². The van der Waals surface area contributed by atoms with Crippen molar-refractivity contribution < 1.29 is 4.79 Å². The molecule has 7 nitrogen and oxygen atoms in total. The number of rotatable bonds is 4. The summed E-state index contributed by atoms with van der Waals surface area (Å²) in [6.45, 7) is 3.55. The number of nitrogens with zero attached hydrogens (tertiary/aromatic N) is 4. The molecule has 26 heavy (non-hydrogen) atoms. The average molecular weight is 350 g/mol. The highest BCUT2D eigenvalue weighted by Gasteiger charge is 2.28. The van der Waals surface area contributed by atoms with Crippen LogP contribution in [-0.2, 0) is 4.79 Å². The minimum Gasteiger partial charge on any atom is -0.354 e. The Morgan fingerprint density at radius 1 is 1.27 bits per heavy atom. The fourth-order valence-corrected chi connectivity index (χ4v) is 3.53. The van der Waals surface area contributed by atoms with E-state index in [0.717, 1.165) is 36.3 Å². The molecule has 2 atom stereocenters. The molecule has 134 valence electrons. The number of piperidine rings is 1. The minimum atomic E-state index is -0.0529. The summed E-state index contributed by atoms with van der Waals surface area (Å²) in [5.74, 6) is 0.866. The standard InChI is InChI=1S/C19H22N6O/c1-13(14-6-3-2-4-7-14)24-19(26)15-8-5-9-25(10-15)18-16-17(21-11-20-16)22-12-23-18/h2-4,6-7,11-13,15H,5,8-10H2,1H3,(H,24,26)(H,20,21,22,23)/t13-,15?/m0/s1. The molecule has 1 saturated heterocycles. The maximum Gasteiger partial charge on any atom is 0.225 e. The Morgan fingerprint density at radius 2 is 2.12 bits per heavy atom. The zero-order valence-electron chi connectivity index (χ0n) is 14.7. The Morgan fingerprint density at radius 3 is 2.96 bits per heavy atom. The van der Waals surface area contributed by atoms with Crippen LogP contribution in [0.2, 0.25) is 0 Å². The maximum atomic E-state index is 12.8. The Kier molecular flexibility index (Phi) is 4.51. The van der Waals surface area contributed by atoms with Gasteiger partial charge in [-0.05, 0) is 25.3 Å². The van der Waals surface area contributed by atoms with Gasteiger partial charge < -0.3 is 15.2 Å². The van der Waals surface area contributed by atoms with E-state index >= 15 is 0 Å². The second-order valence-corrected chi connectivity index (χ2v) is 6.72. The number of hydrogen-bond acceptors (Lipinski definition) is 5. The highest BCUT2D eigenvalue weighted by atomic mass is 16.2. The van der Waals surface area contributed by atoms with E-state index < -0.39 is 0 Å². The molecule has 2 aromatic heterocycles. The van der Waals surface area contributed by atoms with Crippen LogP contribution in [0.25, 0.3) is 11.2 Å². The van der Waals surface area contributed by atoms with Crippen molar-refractivity contribution in [1.29, 1.82) is 0 Å². The van der Waals surface area contributed by atoms with Gasteiger partial charge in [-0.25, -0.2) is 15.0 Å². The average Bonchev–Trinajstić information content (AvgIpc) is 3.17. The van der Waals surface area contributed by atoms with Crippen LogP contribution in [-0.4, -0.2) is 38.9 Å². The molecular formula is C19H22N6O. The van der Waals surface area contributed by atoms with Crippen LogP contribution >= 0.6 is 0 Å². The van der Waals surface area contributed by atoms with Crippen molar-refractivity contribution in [2.45, 2.75) is 25.8 Å². The zero-order chi connectivity index (χ0) is 17.9. The number of nitrogens with one attached hydrogen (secondary N) is 2. The fraction of sp³-hybridized carbons (Fsp3) is 0.368. The molecule has 1 aliphatic heterocycles. The van der Waals surface area contributed by atoms with Crippen LogP contribution in [0.1, 0.15) is 31.4 Å². The second-order valence-electron chi connectivity index (χ2n) is 6.72. The number of fused-ring (bicyclic) bond motifs is 1. The van der Waals surface area contributed by atoms with Crippen molar-refractivity contribution >= 4 is 22.9 Å². The van der Waals surface area contributed by atoms with Gasteiger partial charge in [-0.2, -0.15) is 0 Å². The van der Waals surface area contributed by atoms with E-state index in [1.165, 1.54) is 6.33 Å². The smallest absolute Gasteiger partial charge is 0.225 e. The second kappa shape index (κ2) is 7.11. The van der Waals surface area contributed by atoms with Gasteiger partial charge >= 0.3 is 0 Å². The molecule has 3 heterocycles. The molecular weight excluding hydrogens is 328 g/mol. The van der Waals surface area contributed by atoms with Gasteiger partial charge in [0.1, 0.15) is 11.8 Å². The quantitative estimate of drug-likeness (QED) is 0.755. The molecule has 0 bridgehead atoms. The SMILES string of the molecule is C[C@H](NC(=O)C1CCCN(c2ncnc3nc[nH]c23)C1)c1ccccc1. The number of H-pyrrole nitrogens is 1. The largest absolute Gasteiger partial charge is 0.354 e. The Labute approximate surface area is 151 Å². The van der Waals surface area contributed by atoms with Crippen LogP contribution in [0, 0.1) is 5.92 Å². The number of carbonyl (C=O) groups excluding carboxylic acids is 1. The van der Waals surface area contributed by atoms with Crippen LogP contribution in [0.5, 0.6) is 0 Å². The first kappa shape index (κ1) is 16.5. The van der Waals surface area contributed by atoms with Crippen LogP contribution in [0.4, 0.5) is 5.82 Å². The lowest BCUT2D eigenvalue weighted by Gasteiger charge is -2.33. The molecule has 1 aliphatic rings. The monoisotopic (exact) mass is 350 g/mol. The van der Waals surface area contributed by atoms with Crippen molar-refractivity contribution in [2.24, 2.45) is 5.92 Å². The van der Waals surface area contributed by atoms with E-state index in [0.29, 0.717) is 12.2 Å². The predicted molar refractivity (Wildman–Crippen MR) is 99.6 cm³/mol. The van der Waals surface area contributed by atoms with Gasteiger partial charge in [-0.1, -0.05) is 30.3 Å². The lowest BCUT2D eigenvalue weighted by molar-refractivity contribution is -0.125. The van der Waals surface area contributed by atoms with Crippen molar-refractivity contribution in [3.63, 3.8) is 0 Å². The molecule has 2 N–H and O–H groups in total. The summed E-state index contributed by atoms with van der Waals surface area (Å²) < 4.78 is 0. The van der Waals surface area contributed by atoms with E-state index in [-0.39, 0.29) is 17.9 Å². The molecule has 7 heteroatoms. The maximum absolute atomic E-state index is 12.8. The van der Waals surface area contributed by atoms with E-state index in [4.69, 9.17) is 0 Å². The molecule has 1 unspecified atom stereocenters. The Bertz CT molecular complexity index is 893. The van der Waals surface area contributed by atoms with Gasteiger partial charge in [-0.15, -0.1) is 0 Å². The first-order chi connectivity index (χ1) is 12.7. The summed E-state index contributed by atoms with van der Waals surface area (Å²) in [5.41, 5.74) is 2.59. The third-order valence-corrected chi connectivity index (χ3v) is 4.95. The normalized spacial score (nSPS) is 18.7. The van der Waals surface area contributed by atoms with Gasteiger partial charge in [-0.3, -0.25) is 4.79 Å². The number of amides is 1. The number of hydrogen-bond donors (Lipinski definition) is 2. The topological polar surface area (TPSA) is 86.8 Å². The third kappa shape index (κ3) is 3.24. The van der Waals surface area contributed by atoms with Gasteiger partial charge in [0.2, 0.25) is 5.91 Å². The lowest BCUT2D eigenvalue weighted by Crippen LogP contribution is -2.44. The van der Waals surface area contributed by atoms with Gasteiger partial charge in [0.15, 0.2) is 11.5 Å². The first-order valence-electron chi connectivity index (χ1n) is 8.96. The summed E-state index contributed by atoms with van der Waals surface area (Å²) >= 11 is 0. The molecule has 0 radical (unpaired) electrons. The van der Waals surface area contributed by atoms with Crippen molar-refractivity contribution in [3.05, 3.63) is 48.5 Å². The lowest BCUT2D eigenvalue weighted by atomic mass is 9.96. The predicted octanol–water partition coefficient (Wildman–Crippen LogP) is 2.45. The molecule has 1 amide bonds. The Hall–Kier alpha value is -2.96. The van der Waals surface area contributed by atoms with Gasteiger partial charge in [0.05, 0.1) is 18.3 Å². The fourth-order valence-electron chi connectivity index (χ4n) is 3.53. The molecule has 1 fully saturated rings. The van der Waals surface area contributed by atoms with Crippen molar-refractivity contribution in [1.82, 2.24) is 25.3 Å². The van der Waals surface area contributed by atoms with Crippen molar-refractivity contribution in [2.75, 3.05) is 18.0 Å². The molecule has 0 spiro atoms. The van der Waals surface area contributed by atoms with Gasteiger partial charge in [0.25, 0.3) is 0 Å². The molecule has 0 aliphatic carbocycles. The summed E-state index contributed by atoms with van der Waals surface area (Å²) in [6.07, 6.45) is 5.00. The number of aromatic amines is 1. The minimum absolute atomic E-state index is 0.00237. The Balaban J connectivity index is 1.46. The number of carbonyl (C=O) groups is 1. The van der Waals surface area contributed by atoms with Crippen LogP contribution in [0.15, 0.2) is 43.0 Å². The molecule has 4 rings (SSSR count). The van der Waals surface area contributed by atoms with Gasteiger partial charge in [0, 0.05) is 13.1 Å². The highest BCUT2D eigenvalue weighted by Crippen LogP contribution is 2.26. The van der Waals surface area contributed by atoms with E-state index in [1.54, 1.807) is 6.33 Å². The number of aromatic nitrogens is 4. The van der Waals surface area contributed by atoms with E-state index in [2.05, 4.69) is 30.2 Å². The first-order valence-corrected chi connectivity index (χ1v) is 8.96. The summed E-state index contributed by atoms with van der Waals surface area (Å²) in [4.78, 5) is 30.8. The molecule has 3 aromatic rings. The molecule has 1 aromatic carbocycles.